The van der Waals surface area contributed by atoms with E-state index in [4.69, 9.17) is 4.74 Å². The average molecular weight is 174 g/mol. The van der Waals surface area contributed by atoms with Crippen molar-refractivity contribution in [3.63, 3.8) is 0 Å². The van der Waals surface area contributed by atoms with Gasteiger partial charge in [-0.3, -0.25) is 0 Å². The van der Waals surface area contributed by atoms with Gasteiger partial charge in [0.25, 0.3) is 0 Å². The molecule has 0 aromatic rings. The molecule has 76 valence electrons. The van der Waals surface area contributed by atoms with Crippen LogP contribution in [0.5, 0.6) is 0 Å². The van der Waals surface area contributed by atoms with Crippen LogP contribution >= 0.6 is 0 Å². The van der Waals surface area contributed by atoms with Crippen LogP contribution in [0.4, 0.5) is 0 Å². The third-order valence-electron chi connectivity index (χ3n) is 1.80. The van der Waals surface area contributed by atoms with E-state index in [-0.39, 0.29) is 0 Å². The molecule has 1 heteroatoms. The number of hydrogen-bond acceptors (Lipinski definition) is 1. The van der Waals surface area contributed by atoms with Crippen LogP contribution in [-0.2, 0) is 4.74 Å². The molecule has 0 saturated heterocycles. The van der Waals surface area contributed by atoms with Crippen molar-refractivity contribution in [2.24, 2.45) is 5.92 Å². The molecule has 0 aromatic heterocycles. The predicted molar refractivity (Wildman–Crippen MR) is 56.5 cm³/mol. The molecule has 0 saturated carbocycles. The zero-order valence-corrected chi connectivity index (χ0v) is 9.52. The molecule has 0 unspecified atom stereocenters. The summed E-state index contributed by atoms with van der Waals surface area (Å²) >= 11 is 0. The van der Waals surface area contributed by atoms with Crippen LogP contribution in [0.15, 0.2) is 0 Å². The van der Waals surface area contributed by atoms with Crippen molar-refractivity contribution >= 4 is 0 Å². The van der Waals surface area contributed by atoms with Crippen LogP contribution in [0.1, 0.15) is 53.4 Å². The number of rotatable bonds is 6. The van der Waals surface area contributed by atoms with Gasteiger partial charge in [-0.15, -0.1) is 0 Å². The SMILES string of the molecule is CC.CCCC(CCC)COC. The minimum atomic E-state index is 0.806. The smallest absolute Gasteiger partial charge is 0.0490 e. The average Bonchev–Trinajstić information content (AvgIpc) is 2.10. The van der Waals surface area contributed by atoms with Gasteiger partial charge in [0, 0.05) is 13.7 Å². The zero-order valence-electron chi connectivity index (χ0n) is 9.52. The van der Waals surface area contributed by atoms with E-state index in [2.05, 4.69) is 13.8 Å². The molecule has 0 N–H and O–H groups in total. The van der Waals surface area contributed by atoms with Gasteiger partial charge < -0.3 is 4.74 Å². The Morgan fingerprint density at radius 2 is 1.42 bits per heavy atom. The standard InChI is InChI=1S/C9H20O.C2H6/c1-4-6-9(7-5-2)8-10-3;1-2/h9H,4-8H2,1-3H3;1-2H3. The number of hydrogen-bond donors (Lipinski definition) is 0. The molecule has 0 aliphatic heterocycles. The predicted octanol–water partition coefficient (Wildman–Crippen LogP) is 3.88. The molecule has 0 fully saturated rings. The molecule has 0 spiro atoms. The highest BCUT2D eigenvalue weighted by Gasteiger charge is 2.04. The van der Waals surface area contributed by atoms with Crippen molar-refractivity contribution in [2.75, 3.05) is 13.7 Å². The summed E-state index contributed by atoms with van der Waals surface area (Å²) in [6.07, 6.45) is 5.21. The number of methoxy groups -OCH3 is 1. The first-order valence-electron chi connectivity index (χ1n) is 5.34. The molecule has 0 heterocycles. The second-order valence-corrected chi connectivity index (χ2v) is 2.90. The van der Waals surface area contributed by atoms with E-state index >= 15 is 0 Å². The van der Waals surface area contributed by atoms with E-state index in [1.807, 2.05) is 13.8 Å². The second kappa shape index (κ2) is 13.5. The Labute approximate surface area is 78.5 Å². The second-order valence-electron chi connectivity index (χ2n) is 2.90. The lowest BCUT2D eigenvalue weighted by atomic mass is 10.00. The van der Waals surface area contributed by atoms with Crippen LogP contribution in [0, 0.1) is 5.92 Å². The van der Waals surface area contributed by atoms with Gasteiger partial charge >= 0.3 is 0 Å². The van der Waals surface area contributed by atoms with Gasteiger partial charge in [-0.2, -0.15) is 0 Å². The van der Waals surface area contributed by atoms with E-state index in [0.29, 0.717) is 0 Å². The zero-order chi connectivity index (χ0) is 9.82. The molecular formula is C11H26O. The van der Waals surface area contributed by atoms with E-state index in [1.54, 1.807) is 7.11 Å². The Kier molecular flexibility index (Phi) is 16.3. The molecule has 0 aromatic carbocycles. The fourth-order valence-corrected chi connectivity index (χ4v) is 1.36. The minimum Gasteiger partial charge on any atom is -0.384 e. The number of ether oxygens (including phenoxy) is 1. The summed E-state index contributed by atoms with van der Waals surface area (Å²) in [7, 11) is 1.79. The summed E-state index contributed by atoms with van der Waals surface area (Å²) in [5, 5.41) is 0. The van der Waals surface area contributed by atoms with Crippen molar-refractivity contribution in [1.82, 2.24) is 0 Å². The molecule has 0 bridgehead atoms. The molecule has 0 radical (unpaired) electrons. The van der Waals surface area contributed by atoms with Crippen LogP contribution in [0.25, 0.3) is 0 Å². The van der Waals surface area contributed by atoms with Gasteiger partial charge in [0.1, 0.15) is 0 Å². The maximum Gasteiger partial charge on any atom is 0.0490 e. The highest BCUT2D eigenvalue weighted by atomic mass is 16.5. The monoisotopic (exact) mass is 174 g/mol. The van der Waals surface area contributed by atoms with Gasteiger partial charge in [-0.25, -0.2) is 0 Å². The van der Waals surface area contributed by atoms with Crippen molar-refractivity contribution in [2.45, 2.75) is 53.4 Å². The Balaban J connectivity index is 0. The van der Waals surface area contributed by atoms with E-state index in [1.165, 1.54) is 25.7 Å². The normalized spacial score (nSPS) is 9.50. The Morgan fingerprint density at radius 3 is 1.67 bits per heavy atom. The van der Waals surface area contributed by atoms with E-state index in [0.717, 1.165) is 12.5 Å². The molecule has 0 aliphatic carbocycles. The van der Waals surface area contributed by atoms with Crippen LogP contribution in [0.3, 0.4) is 0 Å². The molecule has 0 amide bonds. The minimum absolute atomic E-state index is 0.806. The summed E-state index contributed by atoms with van der Waals surface area (Å²) in [5.74, 6) is 0.806. The first kappa shape index (κ1) is 14.5. The highest BCUT2D eigenvalue weighted by Crippen LogP contribution is 2.12. The molecule has 1 nitrogen and oxygen atoms in total. The lowest BCUT2D eigenvalue weighted by molar-refractivity contribution is 0.142. The first-order valence-corrected chi connectivity index (χ1v) is 5.34. The summed E-state index contributed by atoms with van der Waals surface area (Å²) in [5.41, 5.74) is 0. The van der Waals surface area contributed by atoms with E-state index < -0.39 is 0 Å². The molecular weight excluding hydrogens is 148 g/mol. The van der Waals surface area contributed by atoms with Gasteiger partial charge in [-0.1, -0.05) is 40.5 Å². The van der Waals surface area contributed by atoms with Crippen molar-refractivity contribution in [1.29, 1.82) is 0 Å². The fourth-order valence-electron chi connectivity index (χ4n) is 1.36. The van der Waals surface area contributed by atoms with E-state index in [9.17, 15) is 0 Å². The third kappa shape index (κ3) is 9.96. The first-order chi connectivity index (χ1) is 5.85. The summed E-state index contributed by atoms with van der Waals surface area (Å²) < 4.78 is 5.11. The summed E-state index contributed by atoms with van der Waals surface area (Å²) in [6.45, 7) is 9.41. The molecule has 12 heavy (non-hydrogen) atoms. The Hall–Kier alpha value is -0.0400. The largest absolute Gasteiger partial charge is 0.384 e. The fraction of sp³-hybridized carbons (Fsp3) is 1.00. The molecule has 0 rings (SSSR count). The Morgan fingerprint density at radius 1 is 1.00 bits per heavy atom. The summed E-state index contributed by atoms with van der Waals surface area (Å²) in [6, 6.07) is 0. The highest BCUT2D eigenvalue weighted by molar-refractivity contribution is 4.55. The third-order valence-corrected chi connectivity index (χ3v) is 1.80. The lowest BCUT2D eigenvalue weighted by Crippen LogP contribution is -2.07. The quantitative estimate of drug-likeness (QED) is 0.594. The lowest BCUT2D eigenvalue weighted by Gasteiger charge is -2.12. The molecule has 0 aliphatic rings. The Bertz CT molecular complexity index is 47.8. The summed E-state index contributed by atoms with van der Waals surface area (Å²) in [4.78, 5) is 0. The van der Waals surface area contributed by atoms with Crippen molar-refractivity contribution in [3.8, 4) is 0 Å². The maximum absolute atomic E-state index is 5.11. The van der Waals surface area contributed by atoms with Gasteiger partial charge in [0.15, 0.2) is 0 Å². The van der Waals surface area contributed by atoms with Crippen LogP contribution < -0.4 is 0 Å². The molecule has 0 atom stereocenters. The van der Waals surface area contributed by atoms with Crippen LogP contribution in [-0.4, -0.2) is 13.7 Å². The topological polar surface area (TPSA) is 9.23 Å². The van der Waals surface area contributed by atoms with Crippen LogP contribution in [0.2, 0.25) is 0 Å². The van der Waals surface area contributed by atoms with Gasteiger partial charge in [0.2, 0.25) is 0 Å². The van der Waals surface area contributed by atoms with Crippen molar-refractivity contribution in [3.05, 3.63) is 0 Å². The van der Waals surface area contributed by atoms with Gasteiger partial charge in [0.05, 0.1) is 0 Å². The maximum atomic E-state index is 5.11. The van der Waals surface area contributed by atoms with Gasteiger partial charge in [-0.05, 0) is 18.8 Å². The van der Waals surface area contributed by atoms with Crippen molar-refractivity contribution < 1.29 is 4.74 Å².